The number of fused-ring (bicyclic) bond motifs is 2. The topological polar surface area (TPSA) is 140 Å². The molecule has 1 saturated heterocycles. The number of amides is 4. The summed E-state index contributed by atoms with van der Waals surface area (Å²) in [5.74, 6) is -3.45. The summed E-state index contributed by atoms with van der Waals surface area (Å²) in [6.07, 6.45) is 1.48. The zero-order valence-electron chi connectivity index (χ0n) is 20.7. The van der Waals surface area contributed by atoms with Gasteiger partial charge in [0, 0.05) is 25.9 Å². The highest BCUT2D eigenvalue weighted by Gasteiger charge is 2.57. The molecule has 11 nitrogen and oxygen atoms in total. The Morgan fingerprint density at radius 2 is 1.92 bits per heavy atom. The number of nitrogens with one attached hydrogen (secondary N) is 2. The summed E-state index contributed by atoms with van der Waals surface area (Å²) in [6, 6.07) is -1.36. The number of likely N-dealkylation sites (tertiary alicyclic amines) is 1. The lowest BCUT2D eigenvalue weighted by Crippen LogP contribution is -2.57. The molecule has 0 aromatic carbocycles. The number of alkyl halides is 3. The molecule has 1 spiro atoms. The molecule has 38 heavy (non-hydrogen) atoms. The maximum absolute atomic E-state index is 13.9. The molecule has 204 valence electrons. The van der Waals surface area contributed by atoms with E-state index in [4.69, 9.17) is 0 Å². The Bertz CT molecular complexity index is 1200. The molecular weight excluding hydrogens is 507 g/mol. The highest BCUT2D eigenvalue weighted by molar-refractivity contribution is 6.01. The number of nitrogens with zero attached hydrogens (tertiary/aromatic N) is 5. The molecule has 0 radical (unpaired) electrons. The summed E-state index contributed by atoms with van der Waals surface area (Å²) >= 11 is 0. The van der Waals surface area contributed by atoms with E-state index in [-0.39, 0.29) is 37.6 Å². The first-order valence-corrected chi connectivity index (χ1v) is 12.6. The largest absolute Gasteiger partial charge is 0.471 e. The highest BCUT2D eigenvalue weighted by atomic mass is 19.4. The highest BCUT2D eigenvalue weighted by Crippen LogP contribution is 2.42. The van der Waals surface area contributed by atoms with Gasteiger partial charge in [0.1, 0.15) is 23.7 Å². The lowest BCUT2D eigenvalue weighted by atomic mass is 9.96. The fourth-order valence-electron chi connectivity index (χ4n) is 5.47. The molecule has 14 heteroatoms. The number of halogens is 3. The number of rotatable bonds is 8. The maximum Gasteiger partial charge on any atom is 0.471 e. The van der Waals surface area contributed by atoms with Gasteiger partial charge in [-0.3, -0.25) is 29.1 Å². The molecule has 2 N–H and O–H groups in total. The van der Waals surface area contributed by atoms with Crippen molar-refractivity contribution >= 4 is 29.6 Å². The van der Waals surface area contributed by atoms with Crippen LogP contribution < -0.4 is 10.6 Å². The van der Waals surface area contributed by atoms with E-state index in [0.29, 0.717) is 5.95 Å². The monoisotopic (exact) mass is 535 g/mol. The zero-order chi connectivity index (χ0) is 27.4. The molecule has 3 heterocycles. The number of aromatic nitrogens is 2. The first-order chi connectivity index (χ1) is 17.9. The van der Waals surface area contributed by atoms with Gasteiger partial charge in [-0.2, -0.15) is 18.4 Å². The first-order valence-electron chi connectivity index (χ1n) is 12.6. The lowest BCUT2D eigenvalue weighted by molar-refractivity contribution is -0.175. The van der Waals surface area contributed by atoms with Gasteiger partial charge in [-0.05, 0) is 24.7 Å². The zero-order valence-corrected chi connectivity index (χ0v) is 20.7. The van der Waals surface area contributed by atoms with Crippen molar-refractivity contribution in [2.24, 2.45) is 11.8 Å². The van der Waals surface area contributed by atoms with E-state index in [2.05, 4.69) is 16.4 Å². The molecule has 2 saturated carbocycles. The summed E-state index contributed by atoms with van der Waals surface area (Å²) < 4.78 is 40.5. The van der Waals surface area contributed by atoms with Crippen molar-refractivity contribution in [1.29, 1.82) is 5.26 Å². The Balaban J connectivity index is 1.39. The van der Waals surface area contributed by atoms with Crippen LogP contribution in [0.4, 0.5) is 19.1 Å². The summed E-state index contributed by atoms with van der Waals surface area (Å²) in [5.41, 5.74) is -1.22. The minimum Gasteiger partial charge on any atom is -0.336 e. The van der Waals surface area contributed by atoms with E-state index in [9.17, 15) is 37.6 Å². The fraction of sp³-hybridized carbons (Fsp3) is 0.667. The van der Waals surface area contributed by atoms with Crippen molar-refractivity contribution in [3.8, 4) is 6.07 Å². The van der Waals surface area contributed by atoms with E-state index in [1.807, 2.05) is 5.32 Å². The van der Waals surface area contributed by atoms with Gasteiger partial charge in [-0.1, -0.05) is 25.7 Å². The van der Waals surface area contributed by atoms with Crippen molar-refractivity contribution in [3.05, 3.63) is 12.4 Å². The molecular formula is C24H28F3N7O4. The number of likely N-dealkylation sites (N-methyl/N-ethyl adjacent to an activating group) is 1. The third kappa shape index (κ3) is 4.69. The van der Waals surface area contributed by atoms with Crippen LogP contribution in [0.2, 0.25) is 0 Å². The van der Waals surface area contributed by atoms with Gasteiger partial charge in [0.2, 0.25) is 17.8 Å². The van der Waals surface area contributed by atoms with Crippen LogP contribution in [0, 0.1) is 23.2 Å². The van der Waals surface area contributed by atoms with E-state index in [1.54, 1.807) is 10.8 Å². The van der Waals surface area contributed by atoms with Gasteiger partial charge >= 0.3 is 12.1 Å². The normalized spacial score (nSPS) is 25.9. The van der Waals surface area contributed by atoms with Crippen LogP contribution in [-0.4, -0.2) is 80.9 Å². The number of hydrogen-bond acceptors (Lipinski definition) is 6. The van der Waals surface area contributed by atoms with Gasteiger partial charge in [0.05, 0.1) is 12.6 Å². The summed E-state index contributed by atoms with van der Waals surface area (Å²) in [4.78, 5) is 58.4. The van der Waals surface area contributed by atoms with Crippen LogP contribution in [0.25, 0.3) is 0 Å². The summed E-state index contributed by atoms with van der Waals surface area (Å²) in [5, 5.41) is 14.4. The molecule has 2 aliphatic heterocycles. The third-order valence-corrected chi connectivity index (χ3v) is 8.00. The molecule has 0 bridgehead atoms. The quantitative estimate of drug-likeness (QED) is 0.512. The van der Waals surface area contributed by atoms with Crippen LogP contribution in [0.3, 0.4) is 0 Å². The smallest absolute Gasteiger partial charge is 0.336 e. The van der Waals surface area contributed by atoms with Crippen molar-refractivity contribution in [2.45, 2.75) is 74.8 Å². The lowest BCUT2D eigenvalue weighted by Gasteiger charge is -2.34. The Kier molecular flexibility index (Phi) is 6.35. The van der Waals surface area contributed by atoms with Crippen molar-refractivity contribution in [2.75, 3.05) is 18.9 Å². The van der Waals surface area contributed by atoms with E-state index >= 15 is 0 Å². The molecule has 3 fully saturated rings. The first kappa shape index (κ1) is 26.0. The molecule has 4 amide bonds. The minimum atomic E-state index is -5.15. The Morgan fingerprint density at radius 1 is 1.26 bits per heavy atom. The molecule has 4 aliphatic rings. The van der Waals surface area contributed by atoms with Gasteiger partial charge in [-0.15, -0.1) is 0 Å². The molecule has 1 aromatic rings. The number of hydrogen-bond donors (Lipinski definition) is 2. The van der Waals surface area contributed by atoms with Crippen LogP contribution in [0.5, 0.6) is 0 Å². The Morgan fingerprint density at radius 3 is 2.53 bits per heavy atom. The third-order valence-electron chi connectivity index (χ3n) is 8.00. The second-order valence-corrected chi connectivity index (χ2v) is 10.8. The molecule has 0 unspecified atom stereocenters. The van der Waals surface area contributed by atoms with Crippen LogP contribution in [-0.2, 0) is 24.7 Å². The molecule has 1 aromatic heterocycles. The summed E-state index contributed by atoms with van der Waals surface area (Å²) in [7, 11) is 1.34. The second kappa shape index (κ2) is 9.28. The van der Waals surface area contributed by atoms with Gasteiger partial charge in [0.25, 0.3) is 5.91 Å². The maximum atomic E-state index is 13.9. The predicted molar refractivity (Wildman–Crippen MR) is 124 cm³/mol. The molecule has 2 aliphatic carbocycles. The van der Waals surface area contributed by atoms with Crippen LogP contribution >= 0.6 is 0 Å². The van der Waals surface area contributed by atoms with Crippen LogP contribution in [0.1, 0.15) is 44.9 Å². The number of nitriles is 1. The van der Waals surface area contributed by atoms with Gasteiger partial charge in [-0.25, -0.2) is 4.98 Å². The van der Waals surface area contributed by atoms with Crippen molar-refractivity contribution in [3.63, 3.8) is 0 Å². The van der Waals surface area contributed by atoms with Crippen LogP contribution in [0.15, 0.2) is 12.4 Å². The van der Waals surface area contributed by atoms with Crippen molar-refractivity contribution < 1.29 is 32.3 Å². The van der Waals surface area contributed by atoms with Gasteiger partial charge in [0.15, 0.2) is 0 Å². The number of anilines is 1. The number of carbonyl (C=O) groups is 4. The average Bonchev–Trinajstić information content (AvgIpc) is 3.76. The fourth-order valence-corrected chi connectivity index (χ4v) is 5.47. The van der Waals surface area contributed by atoms with Crippen molar-refractivity contribution in [1.82, 2.24) is 24.7 Å². The Labute approximate surface area is 216 Å². The molecule has 5 rings (SSSR count). The van der Waals surface area contributed by atoms with E-state index in [1.165, 1.54) is 18.1 Å². The Hall–Kier alpha value is -3.63. The van der Waals surface area contributed by atoms with E-state index in [0.717, 1.165) is 30.6 Å². The number of imidazole rings is 1. The van der Waals surface area contributed by atoms with E-state index < -0.39 is 53.5 Å². The average molecular weight is 536 g/mol. The molecule has 4 atom stereocenters. The minimum absolute atomic E-state index is 0.0233. The SMILES string of the molecule is CN(C(=O)[C@H](CC1CC1)NC(=O)C(F)(F)F)[C@@H](CC1CC1)C(=O)N1C[C@]2(C[C@H]1C#N)C(=O)Nc1nccn12. The predicted octanol–water partition coefficient (Wildman–Crippen LogP) is 1.13. The standard InChI is InChI=1S/C24H28F3N7O4/c1-32(18(35)16(8-13-2-3-13)30-21(38)24(25,26)27)17(9-14-4-5-14)19(36)33-12-23(10-15(33)11-28)20(37)31-22-29-6-7-34(22)23/h6-7,13-17H,2-5,8-10,12H2,1H3,(H,30,38)(H,29,31,37)/t15-,16-,17-,23+/m0/s1. The van der Waals surface area contributed by atoms with Gasteiger partial charge < -0.3 is 15.1 Å². The number of carbonyl (C=O) groups excluding carboxylic acids is 4. The second-order valence-electron chi connectivity index (χ2n) is 10.8. The summed E-state index contributed by atoms with van der Waals surface area (Å²) in [6.45, 7) is -0.112.